The maximum atomic E-state index is 11.9. The van der Waals surface area contributed by atoms with Crippen LogP contribution in [0.5, 0.6) is 0 Å². The van der Waals surface area contributed by atoms with Crippen molar-refractivity contribution < 1.29 is 18.3 Å². The fourth-order valence-electron chi connectivity index (χ4n) is 1.50. The van der Waals surface area contributed by atoms with Gasteiger partial charge in [-0.15, -0.1) is 0 Å². The number of carbonyl (C=O) groups is 1. The summed E-state index contributed by atoms with van der Waals surface area (Å²) in [7, 11) is -3.73. The van der Waals surface area contributed by atoms with Gasteiger partial charge in [0.25, 0.3) is 10.0 Å². The number of carboxylic acids is 1. The number of sulfonamides is 1. The van der Waals surface area contributed by atoms with Crippen molar-refractivity contribution in [2.45, 2.75) is 4.90 Å². The first kappa shape index (κ1) is 14.0. The summed E-state index contributed by atoms with van der Waals surface area (Å²) in [5, 5.41) is 8.75. The number of benzene rings is 2. The summed E-state index contributed by atoms with van der Waals surface area (Å²) < 4.78 is 27.3. The smallest absolute Gasteiger partial charge is 0.335 e. The summed E-state index contributed by atoms with van der Waals surface area (Å²) in [4.78, 5) is 10.8. The molecule has 0 aliphatic rings. The van der Waals surface area contributed by atoms with Crippen molar-refractivity contribution in [1.82, 2.24) is 0 Å². The molecule has 0 heterocycles. The van der Waals surface area contributed by atoms with Crippen LogP contribution in [0.15, 0.2) is 63.9 Å². The second kappa shape index (κ2) is 5.66. The van der Waals surface area contributed by atoms with Crippen molar-refractivity contribution in [1.29, 1.82) is 0 Å². The molecule has 0 radical (unpaired) electrons. The summed E-state index contributed by atoms with van der Waals surface area (Å²) in [6, 6.07) is 13.6. The number of hydrogen-bond acceptors (Lipinski definition) is 3. The summed E-state index contributed by atoms with van der Waals surface area (Å²) in [5.41, 5.74) is 0.641. The molecule has 0 amide bonds. The molecule has 0 saturated carbocycles. The summed E-state index contributed by atoms with van der Waals surface area (Å²) in [6.45, 7) is 0. The van der Waals surface area contributed by atoms with Crippen LogP contribution in [-0.4, -0.2) is 25.7 Å². The maximum absolute atomic E-state index is 11.9. The molecule has 0 aliphatic heterocycles. The van der Waals surface area contributed by atoms with Gasteiger partial charge in [0.1, 0.15) is 0 Å². The molecule has 20 heavy (non-hydrogen) atoms. The Hall–Kier alpha value is -2.47. The van der Waals surface area contributed by atoms with Crippen LogP contribution in [0.2, 0.25) is 0 Å². The Morgan fingerprint density at radius 1 is 1.00 bits per heavy atom. The largest absolute Gasteiger partial charge is 0.478 e. The first-order valence-electron chi connectivity index (χ1n) is 5.68. The monoisotopic (exact) mass is 289 g/mol. The Balaban J connectivity index is 2.23. The average Bonchev–Trinajstić information content (AvgIpc) is 2.46. The Bertz CT molecular complexity index is 735. The minimum atomic E-state index is -3.73. The van der Waals surface area contributed by atoms with Crippen LogP contribution >= 0.6 is 0 Å². The highest BCUT2D eigenvalue weighted by Crippen LogP contribution is 2.11. The van der Waals surface area contributed by atoms with Crippen LogP contribution < -0.4 is 0 Å². The topological polar surface area (TPSA) is 83.8 Å². The minimum absolute atomic E-state index is 0.110. The lowest BCUT2D eigenvalue weighted by Gasteiger charge is -1.98. The highest BCUT2D eigenvalue weighted by atomic mass is 32.2. The first-order valence-corrected chi connectivity index (χ1v) is 7.12. The second-order valence-electron chi connectivity index (χ2n) is 3.95. The highest BCUT2D eigenvalue weighted by Gasteiger charge is 2.10. The molecule has 0 aromatic heterocycles. The van der Waals surface area contributed by atoms with E-state index in [-0.39, 0.29) is 10.5 Å². The zero-order valence-electron chi connectivity index (χ0n) is 10.3. The lowest BCUT2D eigenvalue weighted by Crippen LogP contribution is -1.98. The molecule has 0 unspecified atom stereocenters. The fraction of sp³-hybridized carbons (Fsp3) is 0. The van der Waals surface area contributed by atoms with E-state index in [4.69, 9.17) is 5.11 Å². The lowest BCUT2D eigenvalue weighted by molar-refractivity contribution is 0.0697. The molecule has 2 rings (SSSR count). The van der Waals surface area contributed by atoms with Crippen molar-refractivity contribution in [2.75, 3.05) is 0 Å². The Morgan fingerprint density at radius 3 is 2.15 bits per heavy atom. The third kappa shape index (κ3) is 3.30. The van der Waals surface area contributed by atoms with Gasteiger partial charge in [0, 0.05) is 6.21 Å². The second-order valence-corrected chi connectivity index (χ2v) is 5.58. The Kier molecular flexibility index (Phi) is 3.95. The molecule has 0 atom stereocenters. The molecule has 0 aliphatic carbocycles. The van der Waals surface area contributed by atoms with Crippen LogP contribution in [0.1, 0.15) is 15.9 Å². The molecule has 1 N–H and O–H groups in total. The first-order chi connectivity index (χ1) is 9.49. The highest BCUT2D eigenvalue weighted by molar-refractivity contribution is 7.90. The SMILES string of the molecule is O=C(O)c1ccc(/C=N\S(=O)(=O)c2ccccc2)cc1. The number of rotatable bonds is 4. The standard InChI is InChI=1S/C14H11NO4S/c16-14(17)12-8-6-11(7-9-12)10-15-20(18,19)13-4-2-1-3-5-13/h1-10H,(H,16,17)/b15-10-. The third-order valence-electron chi connectivity index (χ3n) is 2.54. The van der Waals surface area contributed by atoms with Crippen molar-refractivity contribution in [3.8, 4) is 0 Å². The summed E-state index contributed by atoms with van der Waals surface area (Å²) in [6.07, 6.45) is 1.19. The zero-order valence-corrected chi connectivity index (χ0v) is 11.1. The van der Waals surface area contributed by atoms with Crippen LogP contribution in [0.4, 0.5) is 0 Å². The molecule has 2 aromatic rings. The van der Waals surface area contributed by atoms with Gasteiger partial charge in [-0.3, -0.25) is 0 Å². The number of nitrogens with zero attached hydrogens (tertiary/aromatic N) is 1. The maximum Gasteiger partial charge on any atom is 0.335 e. The van der Waals surface area contributed by atoms with E-state index in [0.29, 0.717) is 5.56 Å². The van der Waals surface area contributed by atoms with E-state index in [1.165, 1.54) is 42.6 Å². The fourth-order valence-corrected chi connectivity index (χ4v) is 2.38. The van der Waals surface area contributed by atoms with E-state index in [1.807, 2.05) is 0 Å². The van der Waals surface area contributed by atoms with E-state index >= 15 is 0 Å². The summed E-state index contributed by atoms with van der Waals surface area (Å²) >= 11 is 0. The van der Waals surface area contributed by atoms with Gasteiger partial charge in [-0.1, -0.05) is 30.3 Å². The van der Waals surface area contributed by atoms with Crippen LogP contribution in [-0.2, 0) is 10.0 Å². The molecule has 0 spiro atoms. The molecule has 0 fully saturated rings. The van der Waals surface area contributed by atoms with Gasteiger partial charge in [0.15, 0.2) is 0 Å². The number of hydrogen-bond donors (Lipinski definition) is 1. The Labute approximate surface area is 116 Å². The quantitative estimate of drug-likeness (QED) is 0.874. The van der Waals surface area contributed by atoms with Crippen molar-refractivity contribution in [3.05, 3.63) is 65.7 Å². The molecule has 5 nitrogen and oxygen atoms in total. The van der Waals surface area contributed by atoms with Crippen LogP contribution in [0, 0.1) is 0 Å². The molecule has 2 aromatic carbocycles. The third-order valence-corrected chi connectivity index (χ3v) is 3.79. The van der Waals surface area contributed by atoms with Crippen LogP contribution in [0.25, 0.3) is 0 Å². The van der Waals surface area contributed by atoms with Crippen molar-refractivity contribution in [3.63, 3.8) is 0 Å². The van der Waals surface area contributed by atoms with Crippen LogP contribution in [0.3, 0.4) is 0 Å². The average molecular weight is 289 g/mol. The lowest BCUT2D eigenvalue weighted by atomic mass is 10.1. The number of carboxylic acid groups (broad SMARTS) is 1. The molecule has 0 saturated heterocycles. The van der Waals surface area contributed by atoms with E-state index in [0.717, 1.165) is 0 Å². The predicted octanol–water partition coefficient (Wildman–Crippen LogP) is 2.19. The van der Waals surface area contributed by atoms with E-state index in [1.54, 1.807) is 18.2 Å². The normalized spacial score (nSPS) is 11.6. The van der Waals surface area contributed by atoms with Gasteiger partial charge in [-0.25, -0.2) is 4.79 Å². The van der Waals surface area contributed by atoms with E-state index < -0.39 is 16.0 Å². The van der Waals surface area contributed by atoms with Gasteiger partial charge in [-0.2, -0.15) is 12.8 Å². The van der Waals surface area contributed by atoms with Gasteiger partial charge >= 0.3 is 5.97 Å². The zero-order chi connectivity index (χ0) is 14.6. The molecule has 6 heteroatoms. The van der Waals surface area contributed by atoms with Gasteiger partial charge < -0.3 is 5.11 Å². The van der Waals surface area contributed by atoms with Crippen molar-refractivity contribution in [2.24, 2.45) is 4.40 Å². The molecule has 0 bridgehead atoms. The van der Waals surface area contributed by atoms with E-state index in [9.17, 15) is 13.2 Å². The van der Waals surface area contributed by atoms with Gasteiger partial charge in [-0.05, 0) is 29.8 Å². The van der Waals surface area contributed by atoms with Crippen molar-refractivity contribution >= 4 is 22.2 Å². The molecular weight excluding hydrogens is 278 g/mol. The van der Waals surface area contributed by atoms with Gasteiger partial charge in [0.2, 0.25) is 0 Å². The summed E-state index contributed by atoms with van der Waals surface area (Å²) in [5.74, 6) is -1.04. The van der Waals surface area contributed by atoms with Gasteiger partial charge in [0.05, 0.1) is 10.5 Å². The Morgan fingerprint density at radius 2 is 1.60 bits per heavy atom. The van der Waals surface area contributed by atoms with E-state index in [2.05, 4.69) is 4.40 Å². The molecular formula is C14H11NO4S. The molecule has 102 valence electrons. The minimum Gasteiger partial charge on any atom is -0.478 e. The number of aromatic carboxylic acids is 1. The predicted molar refractivity (Wildman–Crippen MR) is 74.6 cm³/mol.